The number of hydrogen-bond donors (Lipinski definition) is 0. The molecule has 0 bridgehead atoms. The van der Waals surface area contributed by atoms with E-state index in [1.54, 1.807) is 0 Å². The standard InChI is InChI=1S/C13H19BO2.C6H10.3C2H6/c1-10-6-8-11(9-7-10)14-15-12(2,3)13(4,5)16-14;1-3-5-6-4-2;3*1-2/h6,8-9H,1,7H2,2-5H3;3-4,6H,1,5H2,2H3;3*1-2H3/b;6-4-;;;. The maximum Gasteiger partial charge on any atom is 0.494 e. The van der Waals surface area contributed by atoms with Crippen molar-refractivity contribution in [2.75, 3.05) is 0 Å². The van der Waals surface area contributed by atoms with Gasteiger partial charge in [0, 0.05) is 0 Å². The number of rotatable bonds is 3. The molecule has 1 heterocycles. The lowest BCUT2D eigenvalue weighted by Crippen LogP contribution is -2.41. The third kappa shape index (κ3) is 11.5. The van der Waals surface area contributed by atoms with Gasteiger partial charge in [0.2, 0.25) is 0 Å². The molecule has 1 aliphatic heterocycles. The lowest BCUT2D eigenvalue weighted by atomic mass is 9.75. The molecule has 1 fully saturated rings. The largest absolute Gasteiger partial charge is 0.494 e. The highest BCUT2D eigenvalue weighted by Gasteiger charge is 2.52. The van der Waals surface area contributed by atoms with E-state index < -0.39 is 0 Å². The molecule has 0 saturated carbocycles. The number of allylic oxidation sites excluding steroid dienone is 8. The third-order valence-corrected chi connectivity index (χ3v) is 4.18. The van der Waals surface area contributed by atoms with Gasteiger partial charge in [-0.3, -0.25) is 0 Å². The molecule has 1 aliphatic carbocycles. The Bertz CT molecular complexity index is 481. The van der Waals surface area contributed by atoms with E-state index in [4.69, 9.17) is 9.31 Å². The van der Waals surface area contributed by atoms with Crippen molar-refractivity contribution in [3.63, 3.8) is 0 Å². The van der Waals surface area contributed by atoms with Crippen LogP contribution in [0.25, 0.3) is 0 Å². The van der Waals surface area contributed by atoms with Crippen molar-refractivity contribution in [1.82, 2.24) is 0 Å². The molecule has 0 atom stereocenters. The van der Waals surface area contributed by atoms with Gasteiger partial charge in [-0.1, -0.05) is 90.2 Å². The van der Waals surface area contributed by atoms with Gasteiger partial charge in [0.1, 0.15) is 0 Å². The Morgan fingerprint density at radius 3 is 1.71 bits per heavy atom. The molecule has 1 saturated heterocycles. The first-order valence-corrected chi connectivity index (χ1v) is 10.9. The van der Waals surface area contributed by atoms with E-state index in [0.717, 1.165) is 23.9 Å². The fourth-order valence-corrected chi connectivity index (χ4v) is 1.99. The second kappa shape index (κ2) is 17.8. The van der Waals surface area contributed by atoms with Crippen LogP contribution in [-0.2, 0) is 9.31 Å². The Morgan fingerprint density at radius 1 is 0.964 bits per heavy atom. The van der Waals surface area contributed by atoms with Crippen molar-refractivity contribution in [2.45, 2.75) is 100 Å². The molecule has 0 amide bonds. The Hall–Kier alpha value is -1.32. The first-order chi connectivity index (χ1) is 13.2. The minimum absolute atomic E-state index is 0.241. The van der Waals surface area contributed by atoms with Crippen LogP contribution >= 0.6 is 0 Å². The van der Waals surface area contributed by atoms with E-state index in [0.29, 0.717) is 0 Å². The van der Waals surface area contributed by atoms with Gasteiger partial charge in [-0.15, -0.1) is 6.58 Å². The van der Waals surface area contributed by atoms with Gasteiger partial charge in [-0.25, -0.2) is 0 Å². The zero-order chi connectivity index (χ0) is 22.8. The van der Waals surface area contributed by atoms with Crippen LogP contribution in [0.4, 0.5) is 0 Å². The average Bonchev–Trinajstić information content (AvgIpc) is 2.93. The van der Waals surface area contributed by atoms with E-state index in [2.05, 4.69) is 53.0 Å². The van der Waals surface area contributed by atoms with Crippen molar-refractivity contribution >= 4 is 7.12 Å². The predicted molar refractivity (Wildman–Crippen MR) is 131 cm³/mol. The zero-order valence-corrected chi connectivity index (χ0v) is 20.7. The quantitative estimate of drug-likeness (QED) is 0.356. The molecular formula is C25H47BO2. The Morgan fingerprint density at radius 2 is 1.43 bits per heavy atom. The van der Waals surface area contributed by atoms with Gasteiger partial charge < -0.3 is 9.31 Å². The van der Waals surface area contributed by atoms with E-state index >= 15 is 0 Å². The van der Waals surface area contributed by atoms with E-state index in [1.807, 2.05) is 72.8 Å². The Labute approximate surface area is 177 Å². The molecule has 2 aliphatic rings. The second-order valence-electron chi connectivity index (χ2n) is 6.58. The van der Waals surface area contributed by atoms with Crippen LogP contribution in [0.2, 0.25) is 0 Å². The maximum atomic E-state index is 5.97. The smallest absolute Gasteiger partial charge is 0.399 e. The van der Waals surface area contributed by atoms with Gasteiger partial charge in [-0.2, -0.15) is 0 Å². The molecule has 3 heteroatoms. The summed E-state index contributed by atoms with van der Waals surface area (Å²) in [6.07, 6.45) is 14.0. The van der Waals surface area contributed by atoms with Crippen molar-refractivity contribution in [3.8, 4) is 0 Å². The minimum atomic E-state index is -0.263. The maximum absolute atomic E-state index is 5.97. The second-order valence-corrected chi connectivity index (χ2v) is 6.58. The van der Waals surface area contributed by atoms with E-state index in [-0.39, 0.29) is 18.3 Å². The Balaban J connectivity index is -0.000000440. The normalized spacial score (nSPS) is 18.2. The summed E-state index contributed by atoms with van der Waals surface area (Å²) in [4.78, 5) is 0. The molecule has 28 heavy (non-hydrogen) atoms. The van der Waals surface area contributed by atoms with Crippen LogP contribution in [0.5, 0.6) is 0 Å². The van der Waals surface area contributed by atoms with Crippen molar-refractivity contribution in [1.29, 1.82) is 0 Å². The lowest BCUT2D eigenvalue weighted by Gasteiger charge is -2.32. The molecule has 0 N–H and O–H groups in total. The minimum Gasteiger partial charge on any atom is -0.399 e. The summed E-state index contributed by atoms with van der Waals surface area (Å²) in [6, 6.07) is 0. The fourth-order valence-electron chi connectivity index (χ4n) is 1.99. The molecular weight excluding hydrogens is 343 g/mol. The molecule has 0 unspecified atom stereocenters. The highest BCUT2D eigenvalue weighted by atomic mass is 16.7. The van der Waals surface area contributed by atoms with Gasteiger partial charge >= 0.3 is 7.12 Å². The third-order valence-electron chi connectivity index (χ3n) is 4.18. The van der Waals surface area contributed by atoms with Crippen LogP contribution in [0, 0.1) is 0 Å². The van der Waals surface area contributed by atoms with Crippen LogP contribution in [0.3, 0.4) is 0 Å². The van der Waals surface area contributed by atoms with Crippen molar-refractivity contribution in [2.24, 2.45) is 0 Å². The summed E-state index contributed by atoms with van der Waals surface area (Å²) in [5.74, 6) is 0. The van der Waals surface area contributed by atoms with Crippen molar-refractivity contribution < 1.29 is 9.31 Å². The lowest BCUT2D eigenvalue weighted by molar-refractivity contribution is 0.00578. The molecule has 0 aromatic rings. The molecule has 2 rings (SSSR count). The first kappa shape index (κ1) is 31.4. The van der Waals surface area contributed by atoms with Gasteiger partial charge in [0.15, 0.2) is 0 Å². The van der Waals surface area contributed by atoms with Gasteiger partial charge in [0.25, 0.3) is 0 Å². The molecule has 0 aromatic carbocycles. The van der Waals surface area contributed by atoms with Crippen LogP contribution in [0.1, 0.15) is 89.0 Å². The number of hydrogen-bond acceptors (Lipinski definition) is 2. The van der Waals surface area contributed by atoms with E-state index in [9.17, 15) is 0 Å². The molecule has 0 aromatic heterocycles. The monoisotopic (exact) mass is 390 g/mol. The summed E-state index contributed by atoms with van der Waals surface area (Å²) in [7, 11) is -0.241. The topological polar surface area (TPSA) is 18.5 Å². The molecule has 0 radical (unpaired) electrons. The highest BCUT2D eigenvalue weighted by Crippen LogP contribution is 2.39. The first-order valence-electron chi connectivity index (χ1n) is 10.9. The summed E-state index contributed by atoms with van der Waals surface area (Å²) in [6.45, 7) is 29.7. The SMILES string of the molecule is C=C1C=CC(B2OC(C)(C)C(C)(C)O2)=CC1.C=CC/C=C\C.CC.CC.CC. The fraction of sp³-hybridized carbons (Fsp3) is 0.600. The predicted octanol–water partition coefficient (Wildman–Crippen LogP) is 8.28. The summed E-state index contributed by atoms with van der Waals surface area (Å²) >= 11 is 0. The average molecular weight is 390 g/mol. The summed E-state index contributed by atoms with van der Waals surface area (Å²) < 4.78 is 11.9. The van der Waals surface area contributed by atoms with Gasteiger partial charge in [-0.05, 0) is 52.9 Å². The summed E-state index contributed by atoms with van der Waals surface area (Å²) in [5, 5.41) is 0. The van der Waals surface area contributed by atoms with Crippen molar-refractivity contribution in [3.05, 3.63) is 60.7 Å². The van der Waals surface area contributed by atoms with Crippen LogP contribution in [-0.4, -0.2) is 18.3 Å². The molecule has 162 valence electrons. The Kier molecular flexibility index (Phi) is 19.9. The zero-order valence-electron chi connectivity index (χ0n) is 20.7. The van der Waals surface area contributed by atoms with Crippen LogP contribution < -0.4 is 0 Å². The summed E-state index contributed by atoms with van der Waals surface area (Å²) in [5.41, 5.74) is 1.70. The highest BCUT2D eigenvalue weighted by molar-refractivity contribution is 6.55. The van der Waals surface area contributed by atoms with Gasteiger partial charge in [0.05, 0.1) is 11.2 Å². The molecule has 2 nitrogen and oxygen atoms in total. The van der Waals surface area contributed by atoms with E-state index in [1.165, 1.54) is 0 Å². The molecule has 0 spiro atoms. The van der Waals surface area contributed by atoms with Crippen LogP contribution in [0.15, 0.2) is 60.7 Å².